The molecule has 3 heterocycles. The fourth-order valence-electron chi connectivity index (χ4n) is 2.83. The highest BCUT2D eigenvalue weighted by atomic mass is 35.5. The van der Waals surface area contributed by atoms with Crippen molar-refractivity contribution in [3.63, 3.8) is 0 Å². The summed E-state index contributed by atoms with van der Waals surface area (Å²) >= 11 is 5.86. The summed E-state index contributed by atoms with van der Waals surface area (Å²) in [7, 11) is 0. The quantitative estimate of drug-likeness (QED) is 0.655. The fraction of sp³-hybridized carbons (Fsp3) is 0.353. The molecule has 1 fully saturated rings. The van der Waals surface area contributed by atoms with Gasteiger partial charge in [0.05, 0.1) is 16.6 Å². The third-order valence-electron chi connectivity index (χ3n) is 4.43. The van der Waals surface area contributed by atoms with Crippen LogP contribution in [0.3, 0.4) is 0 Å². The van der Waals surface area contributed by atoms with E-state index in [0.29, 0.717) is 11.7 Å². The molecule has 7 nitrogen and oxygen atoms in total. The Hall–Kier alpha value is -2.75. The van der Waals surface area contributed by atoms with Crippen LogP contribution in [-0.4, -0.2) is 31.9 Å². The Morgan fingerprint density at radius 3 is 2.82 bits per heavy atom. The van der Waals surface area contributed by atoms with E-state index in [9.17, 15) is 18.0 Å². The minimum absolute atomic E-state index is 0.0388. The summed E-state index contributed by atoms with van der Waals surface area (Å²) in [6.45, 7) is 1.59. The highest BCUT2D eigenvalue weighted by Gasteiger charge is 2.33. The molecule has 0 radical (unpaired) electrons. The van der Waals surface area contributed by atoms with Gasteiger partial charge in [-0.05, 0) is 19.8 Å². The van der Waals surface area contributed by atoms with Gasteiger partial charge in [-0.3, -0.25) is 9.89 Å². The summed E-state index contributed by atoms with van der Waals surface area (Å²) in [5.41, 5.74) is 1.15. The zero-order chi connectivity index (χ0) is 20.1. The molecule has 28 heavy (non-hydrogen) atoms. The summed E-state index contributed by atoms with van der Waals surface area (Å²) in [5, 5.41) is 9.67. The minimum atomic E-state index is -4.89. The van der Waals surface area contributed by atoms with E-state index >= 15 is 0 Å². The van der Waals surface area contributed by atoms with E-state index in [0.717, 1.165) is 24.6 Å². The van der Waals surface area contributed by atoms with E-state index in [2.05, 4.69) is 25.2 Å². The van der Waals surface area contributed by atoms with Gasteiger partial charge in [-0.25, -0.2) is 4.98 Å². The van der Waals surface area contributed by atoms with Gasteiger partial charge in [0.25, 0.3) is 0 Å². The highest BCUT2D eigenvalue weighted by Crippen LogP contribution is 2.39. The Kier molecular flexibility index (Phi) is 4.45. The van der Waals surface area contributed by atoms with Crippen molar-refractivity contribution in [2.75, 3.05) is 5.32 Å². The number of carbonyl (C=O) groups excluding carboxylic acids is 1. The number of carbonyl (C=O) groups is 1. The lowest BCUT2D eigenvalue weighted by Gasteiger charge is -2.10. The highest BCUT2D eigenvalue weighted by molar-refractivity contribution is 6.30. The van der Waals surface area contributed by atoms with Gasteiger partial charge in [-0.1, -0.05) is 11.6 Å². The molecule has 1 aliphatic carbocycles. The van der Waals surface area contributed by atoms with Gasteiger partial charge in [0, 0.05) is 36.1 Å². The molecule has 3 aromatic rings. The number of aromatic nitrogens is 4. The lowest BCUT2D eigenvalue weighted by Crippen LogP contribution is -2.19. The maximum Gasteiger partial charge on any atom is 0.573 e. The van der Waals surface area contributed by atoms with Crippen molar-refractivity contribution >= 4 is 29.0 Å². The molecule has 1 atom stereocenters. The van der Waals surface area contributed by atoms with Crippen LogP contribution in [0.5, 0.6) is 5.75 Å². The van der Waals surface area contributed by atoms with Crippen molar-refractivity contribution < 1.29 is 22.7 Å². The van der Waals surface area contributed by atoms with Crippen LogP contribution in [0.4, 0.5) is 19.0 Å². The van der Waals surface area contributed by atoms with Crippen molar-refractivity contribution in [2.24, 2.45) is 0 Å². The van der Waals surface area contributed by atoms with E-state index in [4.69, 9.17) is 11.6 Å². The smallest absolute Gasteiger partial charge is 0.402 e. The number of anilines is 1. The number of nitrogens with one attached hydrogen (secondary N) is 2. The number of rotatable bonds is 5. The van der Waals surface area contributed by atoms with Gasteiger partial charge in [-0.2, -0.15) is 5.10 Å². The van der Waals surface area contributed by atoms with Crippen molar-refractivity contribution in [3.8, 4) is 5.75 Å². The third-order valence-corrected chi connectivity index (χ3v) is 4.64. The predicted octanol–water partition coefficient (Wildman–Crippen LogP) is 4.23. The number of hydrogen-bond donors (Lipinski definition) is 2. The molecule has 0 unspecified atom stereocenters. The van der Waals surface area contributed by atoms with Crippen molar-refractivity contribution in [3.05, 3.63) is 40.9 Å². The zero-order valence-corrected chi connectivity index (χ0v) is 15.3. The number of nitrogens with zero attached hydrogens (tertiary/aromatic N) is 3. The molecule has 1 amide bonds. The number of aromatic amines is 1. The Morgan fingerprint density at radius 2 is 2.14 bits per heavy atom. The molecule has 1 saturated carbocycles. The topological polar surface area (TPSA) is 84.3 Å². The molecule has 0 aromatic carbocycles. The average Bonchev–Trinajstić information content (AvgIpc) is 3.18. The molecular formula is C17H15ClF3N5O2. The summed E-state index contributed by atoms with van der Waals surface area (Å²) in [5.74, 6) is -0.808. The van der Waals surface area contributed by atoms with Crippen molar-refractivity contribution in [1.29, 1.82) is 0 Å². The number of hydrogen-bond acceptors (Lipinski definition) is 4. The first kappa shape index (κ1) is 18.6. The Labute approximate surface area is 161 Å². The summed E-state index contributed by atoms with van der Waals surface area (Å²) in [6.07, 6.45) is 0.126. The van der Waals surface area contributed by atoms with Crippen LogP contribution in [0.2, 0.25) is 5.02 Å². The van der Waals surface area contributed by atoms with Gasteiger partial charge < -0.3 is 14.5 Å². The first-order valence-corrected chi connectivity index (χ1v) is 8.87. The Morgan fingerprint density at radius 1 is 1.39 bits per heavy atom. The average molecular weight is 414 g/mol. The number of fused-ring (bicyclic) bond motifs is 1. The summed E-state index contributed by atoms with van der Waals surface area (Å²) in [6, 6.07) is 2.80. The molecule has 1 aliphatic rings. The number of ether oxygens (including phenoxy) is 1. The summed E-state index contributed by atoms with van der Waals surface area (Å²) in [4.78, 5) is 16.6. The number of imidazole rings is 1. The van der Waals surface area contributed by atoms with Crippen molar-refractivity contribution in [2.45, 2.75) is 38.0 Å². The van der Waals surface area contributed by atoms with E-state index < -0.39 is 18.0 Å². The standard InChI is InChI=1S/C17H15ClF3N5O2/c1-8(16(27)23-14-5-11(24-25-14)9-2-3-9)12-7-26-6-10(18)4-13(15(26)22-12)28-17(19,20)21/h4-9H,2-3H2,1H3,(H2,23,24,25,27)/t8-/m1/s1. The maximum absolute atomic E-state index is 12.6. The van der Waals surface area contributed by atoms with Gasteiger partial charge in [0.1, 0.15) is 0 Å². The molecule has 0 bridgehead atoms. The van der Waals surface area contributed by atoms with Gasteiger partial charge >= 0.3 is 6.36 Å². The molecule has 0 saturated heterocycles. The van der Waals surface area contributed by atoms with Crippen LogP contribution in [-0.2, 0) is 4.79 Å². The third kappa shape index (κ3) is 3.91. The largest absolute Gasteiger partial charge is 0.573 e. The molecule has 2 N–H and O–H groups in total. The molecule has 11 heteroatoms. The lowest BCUT2D eigenvalue weighted by atomic mass is 10.1. The van der Waals surface area contributed by atoms with Gasteiger partial charge in [0.2, 0.25) is 5.91 Å². The first-order chi connectivity index (χ1) is 13.2. The Bertz CT molecular complexity index is 1040. The minimum Gasteiger partial charge on any atom is -0.402 e. The van der Waals surface area contributed by atoms with E-state index in [1.165, 1.54) is 16.8 Å². The zero-order valence-electron chi connectivity index (χ0n) is 14.5. The number of halogens is 4. The van der Waals surface area contributed by atoms with Crippen molar-refractivity contribution in [1.82, 2.24) is 19.6 Å². The van der Waals surface area contributed by atoms with E-state index in [-0.39, 0.29) is 22.3 Å². The molecule has 0 aliphatic heterocycles. The number of amides is 1. The predicted molar refractivity (Wildman–Crippen MR) is 94.5 cm³/mol. The second kappa shape index (κ2) is 6.69. The van der Waals surface area contributed by atoms with Gasteiger partial charge in [-0.15, -0.1) is 13.2 Å². The van der Waals surface area contributed by atoms with Crippen LogP contribution >= 0.6 is 11.6 Å². The van der Waals surface area contributed by atoms with Crippen LogP contribution < -0.4 is 10.1 Å². The van der Waals surface area contributed by atoms with Crippen LogP contribution in [0.1, 0.15) is 43.0 Å². The lowest BCUT2D eigenvalue weighted by molar-refractivity contribution is -0.274. The monoisotopic (exact) mass is 413 g/mol. The number of H-pyrrole nitrogens is 1. The molecule has 0 spiro atoms. The second-order valence-corrected chi connectivity index (χ2v) is 7.10. The number of pyridine rings is 1. The van der Waals surface area contributed by atoms with Crippen LogP contribution in [0, 0.1) is 0 Å². The van der Waals surface area contributed by atoms with E-state index in [1.54, 1.807) is 13.0 Å². The first-order valence-electron chi connectivity index (χ1n) is 8.49. The SMILES string of the molecule is C[C@@H](C(=O)Nc1cc(C2CC2)[nH]n1)c1cn2cc(Cl)cc(OC(F)(F)F)c2n1. The molecular weight excluding hydrogens is 399 g/mol. The fourth-order valence-corrected chi connectivity index (χ4v) is 3.04. The van der Waals surface area contributed by atoms with Gasteiger partial charge in [0.15, 0.2) is 17.2 Å². The Balaban J connectivity index is 1.56. The molecule has 3 aromatic heterocycles. The maximum atomic E-state index is 12.6. The van der Waals surface area contributed by atoms with E-state index in [1.807, 2.05) is 0 Å². The second-order valence-electron chi connectivity index (χ2n) is 6.66. The van der Waals surface area contributed by atoms with Crippen LogP contribution in [0.15, 0.2) is 24.5 Å². The molecule has 148 valence electrons. The van der Waals surface area contributed by atoms with Crippen LogP contribution in [0.25, 0.3) is 5.65 Å². The number of alkyl halides is 3. The summed E-state index contributed by atoms with van der Waals surface area (Å²) < 4.78 is 43.2. The normalized spacial score (nSPS) is 15.6. The molecule has 4 rings (SSSR count).